The molecule has 2 aromatic rings. The van der Waals surface area contributed by atoms with Crippen LogP contribution in [0.2, 0.25) is 0 Å². The quantitative estimate of drug-likeness (QED) is 0.758. The molecule has 0 saturated heterocycles. The lowest BCUT2D eigenvalue weighted by molar-refractivity contribution is -0.126. The van der Waals surface area contributed by atoms with E-state index in [4.69, 9.17) is 0 Å². The molecule has 2 rings (SSSR count). The zero-order chi connectivity index (χ0) is 13.7. The molecule has 1 heterocycles. The molecule has 1 unspecified atom stereocenters. The summed E-state index contributed by atoms with van der Waals surface area (Å²) in [5.74, 6) is -0.205. The highest BCUT2D eigenvalue weighted by molar-refractivity contribution is 5.77. The number of nitrogens with one attached hydrogen (secondary N) is 2. The third-order valence-electron chi connectivity index (χ3n) is 2.93. The van der Waals surface area contributed by atoms with Crippen molar-refractivity contribution in [2.24, 2.45) is 0 Å². The van der Waals surface area contributed by atoms with Crippen molar-refractivity contribution >= 4 is 5.91 Å². The van der Waals surface area contributed by atoms with E-state index in [9.17, 15) is 9.90 Å². The average molecular weight is 259 g/mol. The van der Waals surface area contributed by atoms with Crippen molar-refractivity contribution in [1.29, 1.82) is 0 Å². The van der Waals surface area contributed by atoms with Gasteiger partial charge < -0.3 is 10.4 Å². The third-order valence-corrected chi connectivity index (χ3v) is 2.93. The fourth-order valence-electron chi connectivity index (χ4n) is 1.85. The number of amides is 1. The van der Waals surface area contributed by atoms with E-state index in [0.29, 0.717) is 6.54 Å². The van der Waals surface area contributed by atoms with Crippen molar-refractivity contribution < 1.29 is 9.90 Å². The summed E-state index contributed by atoms with van der Waals surface area (Å²) in [6, 6.07) is 11.0. The monoisotopic (exact) mass is 259 g/mol. The highest BCUT2D eigenvalue weighted by atomic mass is 16.3. The molecule has 0 radical (unpaired) electrons. The second kappa shape index (κ2) is 5.67. The average Bonchev–Trinajstić information content (AvgIpc) is 2.90. The second-order valence-electron chi connectivity index (χ2n) is 4.68. The Morgan fingerprint density at radius 2 is 2.11 bits per heavy atom. The molecule has 0 spiro atoms. The molecule has 0 bridgehead atoms. The number of aromatic amines is 1. The number of nitrogens with zero attached hydrogens (tertiary/aromatic N) is 1. The number of carbonyl (C=O) groups is 1. The number of aromatic nitrogens is 2. The van der Waals surface area contributed by atoms with Crippen molar-refractivity contribution in [2.75, 3.05) is 0 Å². The molecule has 0 aliphatic heterocycles. The van der Waals surface area contributed by atoms with Crippen molar-refractivity contribution in [3.8, 4) is 0 Å². The molecule has 1 amide bonds. The van der Waals surface area contributed by atoms with Crippen molar-refractivity contribution in [3.63, 3.8) is 0 Å². The first kappa shape index (κ1) is 13.3. The lowest BCUT2D eigenvalue weighted by Gasteiger charge is -2.23. The van der Waals surface area contributed by atoms with Gasteiger partial charge in [-0.15, -0.1) is 0 Å². The molecule has 0 saturated carbocycles. The standard InChI is InChI=1S/C14H17N3O2/c1-14(19,11-5-3-2-4-6-11)9-13(18)15-10-12-7-8-16-17-12/h2-8,19H,9-10H2,1H3,(H,15,18)(H,16,17). The summed E-state index contributed by atoms with van der Waals surface area (Å²) >= 11 is 0. The first-order valence-corrected chi connectivity index (χ1v) is 6.11. The van der Waals surface area contributed by atoms with Crippen LogP contribution in [-0.2, 0) is 16.9 Å². The maximum absolute atomic E-state index is 11.8. The molecule has 100 valence electrons. The summed E-state index contributed by atoms with van der Waals surface area (Å²) in [6.45, 7) is 2.02. The van der Waals surface area contributed by atoms with Gasteiger partial charge in [-0.2, -0.15) is 5.10 Å². The van der Waals surface area contributed by atoms with Crippen LogP contribution in [0, 0.1) is 0 Å². The van der Waals surface area contributed by atoms with Crippen LogP contribution in [-0.4, -0.2) is 21.2 Å². The number of carbonyl (C=O) groups excluding carboxylic acids is 1. The molecule has 0 aliphatic carbocycles. The maximum atomic E-state index is 11.8. The normalized spacial score (nSPS) is 13.8. The lowest BCUT2D eigenvalue weighted by Crippen LogP contribution is -2.32. The van der Waals surface area contributed by atoms with Gasteiger partial charge in [-0.1, -0.05) is 30.3 Å². The fourth-order valence-corrected chi connectivity index (χ4v) is 1.85. The van der Waals surface area contributed by atoms with Crippen LogP contribution in [0.3, 0.4) is 0 Å². The van der Waals surface area contributed by atoms with Gasteiger partial charge in [-0.3, -0.25) is 9.89 Å². The van der Waals surface area contributed by atoms with Crippen LogP contribution in [0.25, 0.3) is 0 Å². The van der Waals surface area contributed by atoms with Gasteiger partial charge in [0.1, 0.15) is 0 Å². The Morgan fingerprint density at radius 1 is 1.37 bits per heavy atom. The van der Waals surface area contributed by atoms with E-state index in [1.807, 2.05) is 30.3 Å². The Balaban J connectivity index is 1.91. The Hall–Kier alpha value is -2.14. The number of benzene rings is 1. The molecule has 5 heteroatoms. The predicted octanol–water partition coefficient (Wildman–Crippen LogP) is 1.32. The van der Waals surface area contributed by atoms with E-state index in [-0.39, 0.29) is 12.3 Å². The van der Waals surface area contributed by atoms with Gasteiger partial charge >= 0.3 is 0 Å². The summed E-state index contributed by atoms with van der Waals surface area (Å²) < 4.78 is 0. The lowest BCUT2D eigenvalue weighted by atomic mass is 9.92. The van der Waals surface area contributed by atoms with E-state index < -0.39 is 5.60 Å². The molecular weight excluding hydrogens is 242 g/mol. The highest BCUT2D eigenvalue weighted by Crippen LogP contribution is 2.23. The first-order chi connectivity index (χ1) is 9.08. The minimum Gasteiger partial charge on any atom is -0.385 e. The number of hydrogen-bond donors (Lipinski definition) is 3. The van der Waals surface area contributed by atoms with Gasteiger partial charge in [0, 0.05) is 6.20 Å². The fraction of sp³-hybridized carbons (Fsp3) is 0.286. The summed E-state index contributed by atoms with van der Waals surface area (Å²) in [5.41, 5.74) is 0.388. The largest absolute Gasteiger partial charge is 0.385 e. The van der Waals surface area contributed by atoms with Crippen LogP contribution in [0.1, 0.15) is 24.6 Å². The summed E-state index contributed by atoms with van der Waals surface area (Å²) in [7, 11) is 0. The SMILES string of the molecule is CC(O)(CC(=O)NCc1ccn[nH]1)c1ccccc1. The molecule has 1 aromatic carbocycles. The smallest absolute Gasteiger partial charge is 0.223 e. The minimum atomic E-state index is -1.17. The molecule has 5 nitrogen and oxygen atoms in total. The maximum Gasteiger partial charge on any atom is 0.223 e. The Bertz CT molecular complexity index is 521. The molecular formula is C14H17N3O2. The molecule has 0 aliphatic rings. The van der Waals surface area contributed by atoms with Gasteiger partial charge in [-0.25, -0.2) is 0 Å². The van der Waals surface area contributed by atoms with Crippen molar-refractivity contribution in [1.82, 2.24) is 15.5 Å². The highest BCUT2D eigenvalue weighted by Gasteiger charge is 2.26. The van der Waals surface area contributed by atoms with Gasteiger partial charge in [0.25, 0.3) is 0 Å². The van der Waals surface area contributed by atoms with Crippen LogP contribution >= 0.6 is 0 Å². The molecule has 3 N–H and O–H groups in total. The van der Waals surface area contributed by atoms with Gasteiger partial charge in [0.05, 0.1) is 24.3 Å². The van der Waals surface area contributed by atoms with Crippen LogP contribution in [0.4, 0.5) is 0 Å². The second-order valence-corrected chi connectivity index (χ2v) is 4.68. The van der Waals surface area contributed by atoms with Gasteiger partial charge in [-0.05, 0) is 18.6 Å². The van der Waals surface area contributed by atoms with Crippen LogP contribution < -0.4 is 5.32 Å². The van der Waals surface area contributed by atoms with E-state index >= 15 is 0 Å². The van der Waals surface area contributed by atoms with E-state index in [1.54, 1.807) is 19.2 Å². The van der Waals surface area contributed by atoms with Crippen molar-refractivity contribution in [2.45, 2.75) is 25.5 Å². The molecule has 1 atom stereocenters. The Labute approximate surface area is 111 Å². The van der Waals surface area contributed by atoms with Crippen LogP contribution in [0.15, 0.2) is 42.6 Å². The van der Waals surface area contributed by atoms with Crippen molar-refractivity contribution in [3.05, 3.63) is 53.9 Å². The molecule has 0 fully saturated rings. The van der Waals surface area contributed by atoms with Gasteiger partial charge in [0.2, 0.25) is 5.91 Å². The van der Waals surface area contributed by atoms with E-state index in [2.05, 4.69) is 15.5 Å². The minimum absolute atomic E-state index is 0.0190. The zero-order valence-corrected chi connectivity index (χ0v) is 10.8. The Kier molecular flexibility index (Phi) is 3.97. The third kappa shape index (κ3) is 3.66. The number of aliphatic hydroxyl groups is 1. The first-order valence-electron chi connectivity index (χ1n) is 6.11. The van der Waals surface area contributed by atoms with Gasteiger partial charge in [0.15, 0.2) is 0 Å². The van der Waals surface area contributed by atoms with Crippen LogP contribution in [0.5, 0.6) is 0 Å². The number of hydrogen-bond acceptors (Lipinski definition) is 3. The summed E-state index contributed by atoms with van der Waals surface area (Å²) in [6.07, 6.45) is 1.65. The summed E-state index contributed by atoms with van der Waals surface area (Å²) in [4.78, 5) is 11.8. The number of H-pyrrole nitrogens is 1. The zero-order valence-electron chi connectivity index (χ0n) is 10.8. The molecule has 19 heavy (non-hydrogen) atoms. The van der Waals surface area contributed by atoms with E-state index in [0.717, 1.165) is 11.3 Å². The van der Waals surface area contributed by atoms with E-state index in [1.165, 1.54) is 0 Å². The predicted molar refractivity (Wildman–Crippen MR) is 71.1 cm³/mol. The number of rotatable bonds is 5. The Morgan fingerprint density at radius 3 is 2.74 bits per heavy atom. The molecule has 1 aromatic heterocycles. The summed E-state index contributed by atoms with van der Waals surface area (Å²) in [5, 5.41) is 19.6. The topological polar surface area (TPSA) is 78.0 Å².